The van der Waals surface area contributed by atoms with Gasteiger partial charge in [-0.2, -0.15) is 0 Å². The molecule has 110 valence electrons. The lowest BCUT2D eigenvalue weighted by Crippen LogP contribution is -2.41. The zero-order valence-corrected chi connectivity index (χ0v) is 11.7. The third kappa shape index (κ3) is 2.86. The second kappa shape index (κ2) is 5.52. The van der Waals surface area contributed by atoms with Gasteiger partial charge in [0.1, 0.15) is 11.6 Å². The summed E-state index contributed by atoms with van der Waals surface area (Å²) in [6, 6.07) is 10.4. The Morgan fingerprint density at radius 1 is 1.14 bits per heavy atom. The average molecular weight is 291 g/mol. The summed E-state index contributed by atoms with van der Waals surface area (Å²) in [5.41, 5.74) is -1.39. The van der Waals surface area contributed by atoms with E-state index in [-0.39, 0.29) is 11.1 Å². The zero-order valence-electron chi connectivity index (χ0n) is 11.7. The molecule has 0 bridgehead atoms. The van der Waals surface area contributed by atoms with Crippen molar-refractivity contribution in [3.05, 3.63) is 65.2 Å². The standard InChI is InChI=1S/C16H15F2NO2/c1-10-8-14(18)12(9-13(10)17)16(2,15(20)21)19-11-6-4-3-5-7-11/h3-9,19H,1-2H3,(H,20,21). The number of carboxylic acids is 1. The Labute approximate surface area is 121 Å². The van der Waals surface area contributed by atoms with Gasteiger partial charge in [-0.3, -0.25) is 0 Å². The molecule has 0 amide bonds. The topological polar surface area (TPSA) is 49.3 Å². The minimum atomic E-state index is -1.78. The lowest BCUT2D eigenvalue weighted by Gasteiger charge is -2.28. The molecular formula is C16H15F2NO2. The van der Waals surface area contributed by atoms with Crippen molar-refractivity contribution in [3.8, 4) is 0 Å². The van der Waals surface area contributed by atoms with Crippen molar-refractivity contribution in [2.45, 2.75) is 19.4 Å². The van der Waals surface area contributed by atoms with E-state index >= 15 is 0 Å². The molecule has 2 rings (SSSR count). The predicted molar refractivity (Wildman–Crippen MR) is 76.1 cm³/mol. The molecule has 1 atom stereocenters. The molecule has 2 aromatic carbocycles. The van der Waals surface area contributed by atoms with Crippen molar-refractivity contribution in [1.82, 2.24) is 0 Å². The Morgan fingerprint density at radius 3 is 2.33 bits per heavy atom. The van der Waals surface area contributed by atoms with E-state index < -0.39 is 23.1 Å². The highest BCUT2D eigenvalue weighted by molar-refractivity contribution is 5.84. The molecule has 0 radical (unpaired) electrons. The molecule has 3 nitrogen and oxygen atoms in total. The first kappa shape index (κ1) is 15.0. The minimum absolute atomic E-state index is 0.128. The third-order valence-electron chi connectivity index (χ3n) is 3.38. The normalized spacial score (nSPS) is 13.5. The van der Waals surface area contributed by atoms with Gasteiger partial charge in [0, 0.05) is 11.3 Å². The largest absolute Gasteiger partial charge is 0.479 e. The van der Waals surface area contributed by atoms with E-state index in [4.69, 9.17) is 0 Å². The number of benzene rings is 2. The highest BCUT2D eigenvalue weighted by Gasteiger charge is 2.38. The van der Waals surface area contributed by atoms with Gasteiger partial charge >= 0.3 is 5.97 Å². The van der Waals surface area contributed by atoms with Crippen molar-refractivity contribution >= 4 is 11.7 Å². The second-order valence-electron chi connectivity index (χ2n) is 5.00. The molecule has 0 heterocycles. The van der Waals surface area contributed by atoms with Crippen LogP contribution in [0.4, 0.5) is 14.5 Å². The van der Waals surface area contributed by atoms with Crippen molar-refractivity contribution < 1.29 is 18.7 Å². The van der Waals surface area contributed by atoms with Crippen molar-refractivity contribution in [3.63, 3.8) is 0 Å². The van der Waals surface area contributed by atoms with E-state index in [9.17, 15) is 18.7 Å². The number of para-hydroxylation sites is 1. The van der Waals surface area contributed by atoms with Crippen LogP contribution < -0.4 is 5.32 Å². The van der Waals surface area contributed by atoms with Crippen LogP contribution in [0.15, 0.2) is 42.5 Å². The van der Waals surface area contributed by atoms with Gasteiger partial charge in [0.25, 0.3) is 0 Å². The van der Waals surface area contributed by atoms with Crippen molar-refractivity contribution in [2.24, 2.45) is 0 Å². The number of hydrogen-bond acceptors (Lipinski definition) is 2. The van der Waals surface area contributed by atoms with E-state index in [2.05, 4.69) is 5.32 Å². The molecular weight excluding hydrogens is 276 g/mol. The molecule has 0 saturated carbocycles. The van der Waals surface area contributed by atoms with Crippen LogP contribution in [0.2, 0.25) is 0 Å². The van der Waals surface area contributed by atoms with Gasteiger partial charge in [0.05, 0.1) is 0 Å². The fraction of sp³-hybridized carbons (Fsp3) is 0.188. The summed E-state index contributed by atoms with van der Waals surface area (Å²) in [5, 5.41) is 12.2. The van der Waals surface area contributed by atoms with Gasteiger partial charge in [0.2, 0.25) is 0 Å². The number of rotatable bonds is 4. The molecule has 0 saturated heterocycles. The SMILES string of the molecule is Cc1cc(F)c(C(C)(Nc2ccccc2)C(=O)O)cc1F. The monoisotopic (exact) mass is 291 g/mol. The number of halogens is 2. The molecule has 0 aliphatic rings. The van der Waals surface area contributed by atoms with Crippen LogP contribution in [0.25, 0.3) is 0 Å². The maximum atomic E-state index is 14.1. The Kier molecular flexibility index (Phi) is 3.93. The molecule has 2 N–H and O–H groups in total. The number of aryl methyl sites for hydroxylation is 1. The van der Waals surface area contributed by atoms with Crippen LogP contribution in [0.5, 0.6) is 0 Å². The number of carboxylic acid groups (broad SMARTS) is 1. The van der Waals surface area contributed by atoms with Crippen LogP contribution in [0.3, 0.4) is 0 Å². The Hall–Kier alpha value is -2.43. The van der Waals surface area contributed by atoms with Crippen LogP contribution in [0.1, 0.15) is 18.1 Å². The number of hydrogen-bond donors (Lipinski definition) is 2. The number of anilines is 1. The van der Waals surface area contributed by atoms with Gasteiger partial charge in [-0.1, -0.05) is 18.2 Å². The van der Waals surface area contributed by atoms with Crippen LogP contribution in [0, 0.1) is 18.6 Å². The lowest BCUT2D eigenvalue weighted by molar-refractivity contribution is -0.142. The highest BCUT2D eigenvalue weighted by Crippen LogP contribution is 2.30. The summed E-state index contributed by atoms with van der Waals surface area (Å²) in [7, 11) is 0. The van der Waals surface area contributed by atoms with E-state index in [1.807, 2.05) is 0 Å². The van der Waals surface area contributed by atoms with Gasteiger partial charge in [-0.05, 0) is 43.7 Å². The predicted octanol–water partition coefficient (Wildman–Crippen LogP) is 3.69. The quantitative estimate of drug-likeness (QED) is 0.903. The molecule has 5 heteroatoms. The zero-order chi connectivity index (χ0) is 15.6. The fourth-order valence-corrected chi connectivity index (χ4v) is 2.08. The fourth-order valence-electron chi connectivity index (χ4n) is 2.08. The molecule has 0 spiro atoms. The average Bonchev–Trinajstić information content (AvgIpc) is 2.43. The lowest BCUT2D eigenvalue weighted by atomic mass is 9.90. The summed E-state index contributed by atoms with van der Waals surface area (Å²) in [6.45, 7) is 2.72. The highest BCUT2D eigenvalue weighted by atomic mass is 19.1. The Bertz CT molecular complexity index is 673. The van der Waals surface area contributed by atoms with Crippen LogP contribution >= 0.6 is 0 Å². The summed E-state index contributed by atoms with van der Waals surface area (Å²) in [4.78, 5) is 11.6. The number of aliphatic carboxylic acids is 1. The molecule has 21 heavy (non-hydrogen) atoms. The number of carbonyl (C=O) groups is 1. The Balaban J connectivity index is 2.53. The van der Waals surface area contributed by atoms with E-state index in [1.165, 1.54) is 13.8 Å². The van der Waals surface area contributed by atoms with Crippen molar-refractivity contribution in [2.75, 3.05) is 5.32 Å². The van der Waals surface area contributed by atoms with Gasteiger partial charge in [-0.15, -0.1) is 0 Å². The first-order chi connectivity index (χ1) is 9.84. The van der Waals surface area contributed by atoms with Gasteiger partial charge in [0.15, 0.2) is 5.54 Å². The summed E-state index contributed by atoms with van der Waals surface area (Å²) in [5.74, 6) is -2.70. The molecule has 0 aliphatic carbocycles. The maximum Gasteiger partial charge on any atom is 0.333 e. The summed E-state index contributed by atoms with van der Waals surface area (Å²) < 4.78 is 27.8. The van der Waals surface area contributed by atoms with Gasteiger partial charge in [-0.25, -0.2) is 13.6 Å². The molecule has 0 aliphatic heterocycles. The molecule has 1 unspecified atom stereocenters. The minimum Gasteiger partial charge on any atom is -0.479 e. The first-order valence-corrected chi connectivity index (χ1v) is 6.37. The first-order valence-electron chi connectivity index (χ1n) is 6.37. The smallest absolute Gasteiger partial charge is 0.333 e. The number of nitrogens with one attached hydrogen (secondary N) is 1. The van der Waals surface area contributed by atoms with E-state index in [0.717, 1.165) is 12.1 Å². The van der Waals surface area contributed by atoms with Crippen molar-refractivity contribution in [1.29, 1.82) is 0 Å². The molecule has 0 aromatic heterocycles. The van der Waals surface area contributed by atoms with Gasteiger partial charge < -0.3 is 10.4 Å². The third-order valence-corrected chi connectivity index (χ3v) is 3.38. The Morgan fingerprint density at radius 2 is 1.76 bits per heavy atom. The molecule has 2 aromatic rings. The van der Waals surface area contributed by atoms with E-state index in [1.54, 1.807) is 30.3 Å². The second-order valence-corrected chi connectivity index (χ2v) is 5.00. The summed E-state index contributed by atoms with van der Waals surface area (Å²) >= 11 is 0. The van der Waals surface area contributed by atoms with E-state index in [0.29, 0.717) is 5.69 Å². The summed E-state index contributed by atoms with van der Waals surface area (Å²) in [6.07, 6.45) is 0. The molecule has 0 fully saturated rings. The maximum absolute atomic E-state index is 14.1. The van der Waals surface area contributed by atoms with Crippen LogP contribution in [-0.4, -0.2) is 11.1 Å². The van der Waals surface area contributed by atoms with Crippen LogP contribution in [-0.2, 0) is 10.3 Å².